The van der Waals surface area contributed by atoms with Crippen LogP contribution in [0.2, 0.25) is 0 Å². The molecule has 2 fully saturated rings. The number of rotatable bonds is 2. The molecule has 1 spiro atoms. The van der Waals surface area contributed by atoms with Crippen LogP contribution in [0.4, 0.5) is 5.69 Å². The van der Waals surface area contributed by atoms with E-state index in [0.29, 0.717) is 11.3 Å². The van der Waals surface area contributed by atoms with Gasteiger partial charge in [-0.1, -0.05) is 58.4 Å². The average Bonchev–Trinajstić information content (AvgIpc) is 3.41. The molecule has 2 heterocycles. The van der Waals surface area contributed by atoms with E-state index in [2.05, 4.69) is 15.9 Å². The topological polar surface area (TPSA) is 80.8 Å². The van der Waals surface area contributed by atoms with Gasteiger partial charge in [-0.15, -0.1) is 0 Å². The maximum Gasteiger partial charge on any atom is 0.241 e. The van der Waals surface area contributed by atoms with Gasteiger partial charge >= 0.3 is 0 Å². The van der Waals surface area contributed by atoms with Crippen LogP contribution >= 0.6 is 15.9 Å². The van der Waals surface area contributed by atoms with Gasteiger partial charge < -0.3 is 4.74 Å². The molecule has 35 heavy (non-hydrogen) atoms. The summed E-state index contributed by atoms with van der Waals surface area (Å²) < 4.78 is 7.13. The second-order valence-electron chi connectivity index (χ2n) is 9.31. The van der Waals surface area contributed by atoms with Crippen LogP contribution in [0.1, 0.15) is 43.5 Å². The molecule has 6 nitrogen and oxygen atoms in total. The third-order valence-electron chi connectivity index (χ3n) is 7.47. The van der Waals surface area contributed by atoms with E-state index in [-0.39, 0.29) is 11.1 Å². The summed E-state index contributed by atoms with van der Waals surface area (Å²) in [6, 6.07) is 19.0. The second kappa shape index (κ2) is 7.54. The molecule has 0 bridgehead atoms. The van der Waals surface area contributed by atoms with Gasteiger partial charge in [0.1, 0.15) is 0 Å². The van der Waals surface area contributed by atoms with Gasteiger partial charge in [-0.3, -0.25) is 19.2 Å². The molecule has 0 radical (unpaired) electrons. The summed E-state index contributed by atoms with van der Waals surface area (Å²) in [6.07, 6.45) is -0.927. The first-order valence-corrected chi connectivity index (χ1v) is 12.1. The Morgan fingerprint density at radius 2 is 1.43 bits per heavy atom. The van der Waals surface area contributed by atoms with E-state index in [0.717, 1.165) is 20.5 Å². The Bertz CT molecular complexity index is 1430. The van der Waals surface area contributed by atoms with Crippen LogP contribution < -0.4 is 4.90 Å². The quantitative estimate of drug-likeness (QED) is 0.353. The molecule has 0 saturated carbocycles. The molecule has 3 aromatic rings. The van der Waals surface area contributed by atoms with Gasteiger partial charge in [0.05, 0.1) is 23.6 Å². The van der Waals surface area contributed by atoms with E-state index >= 15 is 0 Å². The first-order valence-electron chi connectivity index (χ1n) is 11.3. The van der Waals surface area contributed by atoms with Crippen LogP contribution in [0.15, 0.2) is 71.2 Å². The fourth-order valence-electron chi connectivity index (χ4n) is 5.59. The third-order valence-corrected chi connectivity index (χ3v) is 7.99. The number of hydrogen-bond donors (Lipinski definition) is 0. The smallest absolute Gasteiger partial charge is 0.241 e. The van der Waals surface area contributed by atoms with Gasteiger partial charge in [0.25, 0.3) is 0 Å². The third kappa shape index (κ3) is 2.85. The van der Waals surface area contributed by atoms with Crippen molar-refractivity contribution in [3.05, 3.63) is 99.0 Å². The molecule has 0 N–H and O–H groups in total. The number of ether oxygens (including phenoxy) is 1. The Morgan fingerprint density at radius 3 is 2.03 bits per heavy atom. The van der Waals surface area contributed by atoms with Gasteiger partial charge in [0.2, 0.25) is 29.0 Å². The average molecular weight is 530 g/mol. The molecule has 6 rings (SSSR count). The van der Waals surface area contributed by atoms with Crippen molar-refractivity contribution in [1.29, 1.82) is 0 Å². The van der Waals surface area contributed by atoms with Crippen LogP contribution in [0.5, 0.6) is 0 Å². The number of amides is 2. The SMILES string of the molecule is Cc1ccc(N2C(=O)[C@@H]3[C@@H](c4ccc(Br)cc4)OC4(C(=O)c5ccccc5C4=O)[C@H]3C2=O)cc1C. The summed E-state index contributed by atoms with van der Waals surface area (Å²) in [4.78, 5) is 56.5. The van der Waals surface area contributed by atoms with Crippen molar-refractivity contribution in [3.63, 3.8) is 0 Å². The molecular weight excluding hydrogens is 510 g/mol. The van der Waals surface area contributed by atoms with Crippen molar-refractivity contribution in [3.8, 4) is 0 Å². The van der Waals surface area contributed by atoms with Gasteiger partial charge in [-0.25, -0.2) is 4.90 Å². The molecule has 3 aromatic carbocycles. The number of fused-ring (bicyclic) bond motifs is 3. The van der Waals surface area contributed by atoms with Gasteiger partial charge in [-0.2, -0.15) is 0 Å². The molecule has 3 atom stereocenters. The lowest BCUT2D eigenvalue weighted by molar-refractivity contribution is -0.127. The maximum atomic E-state index is 13.9. The first kappa shape index (κ1) is 22.1. The fourth-order valence-corrected chi connectivity index (χ4v) is 5.85. The van der Waals surface area contributed by atoms with Gasteiger partial charge in [0.15, 0.2) is 0 Å². The lowest BCUT2D eigenvalue weighted by atomic mass is 9.77. The highest BCUT2D eigenvalue weighted by Crippen LogP contribution is 2.57. The molecule has 2 aliphatic heterocycles. The highest BCUT2D eigenvalue weighted by molar-refractivity contribution is 9.10. The summed E-state index contributed by atoms with van der Waals surface area (Å²) in [6.45, 7) is 3.85. The summed E-state index contributed by atoms with van der Waals surface area (Å²) in [7, 11) is 0. The minimum absolute atomic E-state index is 0.220. The van der Waals surface area contributed by atoms with E-state index in [1.54, 1.807) is 60.7 Å². The number of hydrogen-bond acceptors (Lipinski definition) is 5. The number of imide groups is 1. The summed E-state index contributed by atoms with van der Waals surface area (Å²) in [5.74, 6) is -4.43. The van der Waals surface area contributed by atoms with Crippen LogP contribution in [0, 0.1) is 25.7 Å². The fraction of sp³-hybridized carbons (Fsp3) is 0.214. The zero-order valence-corrected chi connectivity index (χ0v) is 20.5. The van der Waals surface area contributed by atoms with E-state index in [1.807, 2.05) is 19.9 Å². The Morgan fingerprint density at radius 1 is 0.800 bits per heavy atom. The number of aryl methyl sites for hydroxylation is 2. The molecule has 0 unspecified atom stereocenters. The lowest BCUT2D eigenvalue weighted by Gasteiger charge is -2.27. The summed E-state index contributed by atoms with van der Waals surface area (Å²) >= 11 is 3.40. The van der Waals surface area contributed by atoms with Crippen molar-refractivity contribution in [1.82, 2.24) is 0 Å². The van der Waals surface area contributed by atoms with Crippen molar-refractivity contribution in [2.45, 2.75) is 25.6 Å². The standard InChI is InChI=1S/C28H20BrNO5/c1-14-7-12-18(13-15(14)2)30-26(33)21-22(27(30)34)28(35-23(21)16-8-10-17(29)11-9-16)24(31)19-5-3-4-6-20(19)25(28)32/h3-13,21-23H,1-2H3/t21-,22+,23+/m0/s1. The number of benzene rings is 3. The molecule has 174 valence electrons. The van der Waals surface area contributed by atoms with Crippen molar-refractivity contribution >= 4 is 45.0 Å². The van der Waals surface area contributed by atoms with E-state index in [1.165, 1.54) is 0 Å². The Kier molecular flexibility index (Phi) is 4.75. The Hall–Kier alpha value is -3.42. The largest absolute Gasteiger partial charge is 0.349 e. The number of halogens is 1. The van der Waals surface area contributed by atoms with E-state index in [4.69, 9.17) is 4.74 Å². The highest BCUT2D eigenvalue weighted by Gasteiger charge is 2.74. The Labute approximate surface area is 210 Å². The van der Waals surface area contributed by atoms with Crippen LogP contribution in [0.3, 0.4) is 0 Å². The normalized spacial score (nSPS) is 24.4. The number of Topliss-reactive ketones (excluding diaryl/α,β-unsaturated/α-hetero) is 2. The van der Waals surface area contributed by atoms with Crippen LogP contribution in [-0.2, 0) is 14.3 Å². The predicted molar refractivity (Wildman–Crippen MR) is 131 cm³/mol. The number of anilines is 1. The second-order valence-corrected chi connectivity index (χ2v) is 10.2. The minimum Gasteiger partial charge on any atom is -0.349 e. The number of carbonyl (C=O) groups excluding carboxylic acids is 4. The van der Waals surface area contributed by atoms with Crippen molar-refractivity contribution in [2.24, 2.45) is 11.8 Å². The monoisotopic (exact) mass is 529 g/mol. The molecule has 7 heteroatoms. The highest BCUT2D eigenvalue weighted by atomic mass is 79.9. The first-order chi connectivity index (χ1) is 16.8. The van der Waals surface area contributed by atoms with Gasteiger partial charge in [0, 0.05) is 15.6 Å². The van der Waals surface area contributed by atoms with E-state index < -0.39 is 46.9 Å². The van der Waals surface area contributed by atoms with Crippen molar-refractivity contribution < 1.29 is 23.9 Å². The molecule has 1 aliphatic carbocycles. The number of nitrogens with zero attached hydrogens (tertiary/aromatic N) is 1. The predicted octanol–water partition coefficient (Wildman–Crippen LogP) is 4.76. The zero-order chi connectivity index (χ0) is 24.6. The molecule has 2 amide bonds. The number of ketones is 2. The number of carbonyl (C=O) groups is 4. The lowest BCUT2D eigenvalue weighted by Crippen LogP contribution is -2.51. The molecule has 0 aromatic heterocycles. The van der Waals surface area contributed by atoms with Crippen LogP contribution in [0.25, 0.3) is 0 Å². The molecular formula is C28H20BrNO5. The maximum absolute atomic E-state index is 13.9. The van der Waals surface area contributed by atoms with Gasteiger partial charge in [-0.05, 0) is 54.8 Å². The Balaban J connectivity index is 1.54. The minimum atomic E-state index is -2.06. The van der Waals surface area contributed by atoms with Crippen molar-refractivity contribution in [2.75, 3.05) is 4.90 Å². The zero-order valence-electron chi connectivity index (χ0n) is 18.9. The summed E-state index contributed by atoms with van der Waals surface area (Å²) in [5.41, 5.74) is 1.38. The molecule has 2 saturated heterocycles. The summed E-state index contributed by atoms with van der Waals surface area (Å²) in [5, 5.41) is 0. The van der Waals surface area contributed by atoms with Crippen LogP contribution in [-0.4, -0.2) is 29.0 Å². The van der Waals surface area contributed by atoms with E-state index in [9.17, 15) is 19.2 Å². The molecule has 3 aliphatic rings.